The van der Waals surface area contributed by atoms with Crippen LogP contribution in [0.15, 0.2) is 10.2 Å². The van der Waals surface area contributed by atoms with E-state index >= 15 is 0 Å². The molecule has 1 heterocycles. The Bertz CT molecular complexity index is 81.8. The van der Waals surface area contributed by atoms with Gasteiger partial charge in [0.15, 0.2) is 6.23 Å². The molecule has 7 heavy (non-hydrogen) atoms. The van der Waals surface area contributed by atoms with E-state index in [1.165, 1.54) is 0 Å². The molecule has 1 N–H and O–H groups in total. The molecule has 1 atom stereocenters. The van der Waals surface area contributed by atoms with E-state index in [1.807, 2.05) is 0 Å². The molecule has 0 spiro atoms. The molecule has 0 aromatic carbocycles. The second-order valence-corrected chi connectivity index (χ2v) is 1.60. The van der Waals surface area contributed by atoms with Crippen LogP contribution in [0.4, 0.5) is 0 Å². The van der Waals surface area contributed by atoms with Gasteiger partial charge in [-0.25, -0.2) is 0 Å². The zero-order valence-electron chi connectivity index (χ0n) is 4.04. The van der Waals surface area contributed by atoms with Crippen molar-refractivity contribution in [2.24, 2.45) is 10.2 Å². The van der Waals surface area contributed by atoms with Crippen LogP contribution in [0.2, 0.25) is 0 Å². The summed E-state index contributed by atoms with van der Waals surface area (Å²) in [4.78, 5) is 0. The predicted molar refractivity (Wildman–Crippen MR) is 25.0 cm³/mol. The number of hydrogen-bond donors (Lipinski definition) is 1. The Labute approximate surface area is 42.1 Å². The van der Waals surface area contributed by atoms with Crippen LogP contribution in [0.1, 0.15) is 12.8 Å². The number of hydrogen-bond acceptors (Lipinski definition) is 3. The smallest absolute Gasteiger partial charge is 0.165 e. The fourth-order valence-electron chi connectivity index (χ4n) is 0.554. The molecule has 0 fully saturated rings. The number of rotatable bonds is 0. The molecule has 0 aliphatic carbocycles. The van der Waals surface area contributed by atoms with Crippen LogP contribution in [0.25, 0.3) is 0 Å². The SMILES string of the molecule is OC1CCCN=N1. The van der Waals surface area contributed by atoms with Gasteiger partial charge >= 0.3 is 0 Å². The minimum atomic E-state index is -0.506. The van der Waals surface area contributed by atoms with Crippen LogP contribution in [0.5, 0.6) is 0 Å². The van der Waals surface area contributed by atoms with E-state index in [2.05, 4.69) is 10.2 Å². The molecular weight excluding hydrogens is 92.1 g/mol. The number of aliphatic hydroxyl groups is 1. The summed E-state index contributed by atoms with van der Waals surface area (Å²) < 4.78 is 0. The maximum Gasteiger partial charge on any atom is 0.165 e. The number of nitrogens with zero attached hydrogens (tertiary/aromatic N) is 2. The lowest BCUT2D eigenvalue weighted by molar-refractivity contribution is 0.152. The second kappa shape index (κ2) is 2.02. The first-order valence-corrected chi connectivity index (χ1v) is 2.44. The Kier molecular flexibility index (Phi) is 1.36. The number of azo groups is 1. The predicted octanol–water partition coefficient (Wildman–Crippen LogP) is 0.551. The molecule has 1 rings (SSSR count). The summed E-state index contributed by atoms with van der Waals surface area (Å²) in [6, 6.07) is 0. The first-order valence-electron chi connectivity index (χ1n) is 2.44. The van der Waals surface area contributed by atoms with Crippen molar-refractivity contribution < 1.29 is 5.11 Å². The molecule has 1 unspecified atom stereocenters. The lowest BCUT2D eigenvalue weighted by Gasteiger charge is -2.05. The van der Waals surface area contributed by atoms with E-state index in [1.54, 1.807) is 0 Å². The molecule has 1 aliphatic heterocycles. The van der Waals surface area contributed by atoms with Crippen LogP contribution in [0, 0.1) is 0 Å². The molecule has 0 radical (unpaired) electrons. The molecule has 0 aromatic heterocycles. The zero-order chi connectivity index (χ0) is 5.11. The van der Waals surface area contributed by atoms with E-state index in [0.29, 0.717) is 0 Å². The minimum absolute atomic E-state index is 0.506. The molecule has 3 heteroatoms. The van der Waals surface area contributed by atoms with E-state index in [-0.39, 0.29) is 0 Å². The van der Waals surface area contributed by atoms with Crippen LogP contribution >= 0.6 is 0 Å². The molecule has 0 aromatic rings. The van der Waals surface area contributed by atoms with Crippen molar-refractivity contribution in [3.05, 3.63) is 0 Å². The van der Waals surface area contributed by atoms with E-state index < -0.39 is 6.23 Å². The van der Waals surface area contributed by atoms with Crippen molar-refractivity contribution in [3.8, 4) is 0 Å². The highest BCUT2D eigenvalue weighted by Gasteiger charge is 2.03. The highest BCUT2D eigenvalue weighted by molar-refractivity contribution is 4.55. The second-order valence-electron chi connectivity index (χ2n) is 1.60. The first-order chi connectivity index (χ1) is 3.39. The first kappa shape index (κ1) is 4.71. The standard InChI is InChI=1S/C4H8N2O/c7-4-2-1-3-5-6-4/h4,7H,1-3H2. The monoisotopic (exact) mass is 100 g/mol. The zero-order valence-corrected chi connectivity index (χ0v) is 4.04. The maximum absolute atomic E-state index is 8.65. The third kappa shape index (κ3) is 1.23. The Morgan fingerprint density at radius 3 is 2.71 bits per heavy atom. The summed E-state index contributed by atoms with van der Waals surface area (Å²) in [5, 5.41) is 15.8. The van der Waals surface area contributed by atoms with Crippen LogP contribution < -0.4 is 0 Å². The summed E-state index contributed by atoms with van der Waals surface area (Å²) in [7, 11) is 0. The summed E-state index contributed by atoms with van der Waals surface area (Å²) in [5.41, 5.74) is 0. The van der Waals surface area contributed by atoms with Crippen molar-refractivity contribution in [2.45, 2.75) is 19.1 Å². The lowest BCUT2D eigenvalue weighted by atomic mass is 10.3. The molecule has 0 bridgehead atoms. The van der Waals surface area contributed by atoms with E-state index in [9.17, 15) is 0 Å². The van der Waals surface area contributed by atoms with Gasteiger partial charge in [-0.3, -0.25) is 0 Å². The number of aliphatic hydroxyl groups excluding tert-OH is 1. The van der Waals surface area contributed by atoms with Gasteiger partial charge in [0.1, 0.15) is 0 Å². The largest absolute Gasteiger partial charge is 0.370 e. The third-order valence-corrected chi connectivity index (χ3v) is 0.935. The lowest BCUT2D eigenvalue weighted by Crippen LogP contribution is -2.06. The Hall–Kier alpha value is -0.440. The summed E-state index contributed by atoms with van der Waals surface area (Å²) >= 11 is 0. The molecule has 40 valence electrons. The van der Waals surface area contributed by atoms with Crippen LogP contribution in [-0.4, -0.2) is 17.9 Å². The van der Waals surface area contributed by atoms with Crippen LogP contribution in [0.3, 0.4) is 0 Å². The minimum Gasteiger partial charge on any atom is -0.370 e. The van der Waals surface area contributed by atoms with Crippen molar-refractivity contribution >= 4 is 0 Å². The Morgan fingerprint density at radius 2 is 2.43 bits per heavy atom. The molecule has 3 nitrogen and oxygen atoms in total. The van der Waals surface area contributed by atoms with Gasteiger partial charge in [0.05, 0.1) is 6.54 Å². The molecule has 1 aliphatic rings. The Balaban J connectivity index is 2.36. The average molecular weight is 100 g/mol. The van der Waals surface area contributed by atoms with Gasteiger partial charge in [-0.05, 0) is 12.8 Å². The van der Waals surface area contributed by atoms with Gasteiger partial charge in [0, 0.05) is 0 Å². The summed E-state index contributed by atoms with van der Waals surface area (Å²) in [6.45, 7) is 0.789. The van der Waals surface area contributed by atoms with Crippen molar-refractivity contribution in [3.63, 3.8) is 0 Å². The summed E-state index contributed by atoms with van der Waals surface area (Å²) in [6.07, 6.45) is 1.25. The topological polar surface area (TPSA) is 45.0 Å². The fraction of sp³-hybridized carbons (Fsp3) is 1.00. The third-order valence-electron chi connectivity index (χ3n) is 0.935. The quantitative estimate of drug-likeness (QED) is 0.474. The van der Waals surface area contributed by atoms with Crippen LogP contribution in [-0.2, 0) is 0 Å². The highest BCUT2D eigenvalue weighted by Crippen LogP contribution is 2.04. The normalized spacial score (nSPS) is 30.7. The van der Waals surface area contributed by atoms with E-state index in [4.69, 9.17) is 5.11 Å². The van der Waals surface area contributed by atoms with Gasteiger partial charge in [0.25, 0.3) is 0 Å². The van der Waals surface area contributed by atoms with Gasteiger partial charge in [-0.15, -0.1) is 0 Å². The maximum atomic E-state index is 8.65. The summed E-state index contributed by atoms with van der Waals surface area (Å²) in [5.74, 6) is 0. The van der Waals surface area contributed by atoms with Gasteiger partial charge in [-0.1, -0.05) is 0 Å². The molecule has 0 amide bonds. The Morgan fingerprint density at radius 1 is 1.57 bits per heavy atom. The fourth-order valence-corrected chi connectivity index (χ4v) is 0.554. The van der Waals surface area contributed by atoms with E-state index in [0.717, 1.165) is 19.4 Å². The molecular formula is C4H8N2O. The average Bonchev–Trinajstić information content (AvgIpc) is 1.69. The van der Waals surface area contributed by atoms with Gasteiger partial charge < -0.3 is 5.11 Å². The van der Waals surface area contributed by atoms with Gasteiger partial charge in [0.2, 0.25) is 0 Å². The van der Waals surface area contributed by atoms with Gasteiger partial charge in [-0.2, -0.15) is 10.2 Å². The highest BCUT2D eigenvalue weighted by atomic mass is 16.3. The molecule has 0 saturated carbocycles. The van der Waals surface area contributed by atoms with Crippen molar-refractivity contribution in [1.29, 1.82) is 0 Å². The van der Waals surface area contributed by atoms with Crippen molar-refractivity contribution in [2.75, 3.05) is 6.54 Å². The van der Waals surface area contributed by atoms with Crippen molar-refractivity contribution in [1.82, 2.24) is 0 Å². The molecule has 0 saturated heterocycles.